The van der Waals surface area contributed by atoms with Crippen LogP contribution in [0.25, 0.3) is 0 Å². The number of carbonyl (C=O) groups excluding carboxylic acids is 1. The van der Waals surface area contributed by atoms with Crippen LogP contribution < -0.4 is 0 Å². The van der Waals surface area contributed by atoms with E-state index in [9.17, 15) is 4.79 Å². The molecule has 3 nitrogen and oxygen atoms in total. The number of carbonyl (C=O) groups is 1. The highest BCUT2D eigenvalue weighted by Crippen LogP contribution is 2.25. The first kappa shape index (κ1) is 11.7. The summed E-state index contributed by atoms with van der Waals surface area (Å²) in [5.74, 6) is 1.43. The lowest BCUT2D eigenvalue weighted by Crippen LogP contribution is -2.29. The molecule has 0 spiro atoms. The minimum atomic E-state index is 0.119. The Labute approximate surface area is 104 Å². The standard InChI is InChI=1S/C12H17BrN2O/c1-8(2)9-3-4-15(7-9)12(16)11-5-10(13)6-14-11/h5-6,8-9,14H,3-4,7H2,1-2H3. The molecule has 1 saturated heterocycles. The second kappa shape index (κ2) is 4.62. The summed E-state index contributed by atoms with van der Waals surface area (Å²) < 4.78 is 0.926. The van der Waals surface area contributed by atoms with E-state index in [1.54, 1.807) is 6.20 Å². The number of hydrogen-bond donors (Lipinski definition) is 1. The van der Waals surface area contributed by atoms with Crippen molar-refractivity contribution >= 4 is 21.8 Å². The van der Waals surface area contributed by atoms with Crippen LogP contribution in [-0.4, -0.2) is 28.9 Å². The third-order valence-corrected chi connectivity index (χ3v) is 3.79. The van der Waals surface area contributed by atoms with Gasteiger partial charge in [-0.3, -0.25) is 4.79 Å². The van der Waals surface area contributed by atoms with Crippen LogP contribution in [0.15, 0.2) is 16.7 Å². The first-order valence-corrected chi connectivity index (χ1v) is 6.50. The Balaban J connectivity index is 2.02. The molecular formula is C12H17BrN2O. The number of halogens is 1. The first-order chi connectivity index (χ1) is 7.58. The molecule has 1 amide bonds. The fourth-order valence-electron chi connectivity index (χ4n) is 2.18. The molecule has 1 fully saturated rings. The van der Waals surface area contributed by atoms with Gasteiger partial charge in [0, 0.05) is 23.8 Å². The highest BCUT2D eigenvalue weighted by atomic mass is 79.9. The van der Waals surface area contributed by atoms with Gasteiger partial charge in [0.25, 0.3) is 5.91 Å². The van der Waals surface area contributed by atoms with E-state index in [4.69, 9.17) is 0 Å². The Morgan fingerprint density at radius 1 is 1.62 bits per heavy atom. The molecule has 0 bridgehead atoms. The zero-order valence-electron chi connectivity index (χ0n) is 9.66. The van der Waals surface area contributed by atoms with Crippen molar-refractivity contribution < 1.29 is 4.79 Å². The Kier molecular flexibility index (Phi) is 3.38. The highest BCUT2D eigenvalue weighted by molar-refractivity contribution is 9.10. The summed E-state index contributed by atoms with van der Waals surface area (Å²) in [7, 11) is 0. The summed E-state index contributed by atoms with van der Waals surface area (Å²) in [5, 5.41) is 0. The molecule has 1 aliphatic heterocycles. The number of hydrogen-bond acceptors (Lipinski definition) is 1. The smallest absolute Gasteiger partial charge is 0.270 e. The van der Waals surface area contributed by atoms with Crippen LogP contribution in [0.5, 0.6) is 0 Å². The number of amides is 1. The minimum absolute atomic E-state index is 0.119. The predicted molar refractivity (Wildman–Crippen MR) is 67.3 cm³/mol. The fraction of sp³-hybridized carbons (Fsp3) is 0.583. The van der Waals surface area contributed by atoms with E-state index in [0.717, 1.165) is 24.0 Å². The largest absolute Gasteiger partial charge is 0.356 e. The number of nitrogens with one attached hydrogen (secondary N) is 1. The molecule has 0 aromatic carbocycles. The van der Waals surface area contributed by atoms with Crippen molar-refractivity contribution in [2.75, 3.05) is 13.1 Å². The third-order valence-electron chi connectivity index (χ3n) is 3.33. The van der Waals surface area contributed by atoms with Gasteiger partial charge in [0.05, 0.1) is 0 Å². The lowest BCUT2D eigenvalue weighted by molar-refractivity contribution is 0.0779. The Bertz CT molecular complexity index is 386. The quantitative estimate of drug-likeness (QED) is 0.891. The summed E-state index contributed by atoms with van der Waals surface area (Å²) in [6.45, 7) is 6.24. The summed E-state index contributed by atoms with van der Waals surface area (Å²) in [6.07, 6.45) is 2.93. The lowest BCUT2D eigenvalue weighted by Gasteiger charge is -2.17. The van der Waals surface area contributed by atoms with Crippen molar-refractivity contribution in [3.05, 3.63) is 22.4 Å². The second-order valence-corrected chi connectivity index (χ2v) is 5.69. The number of nitrogens with zero attached hydrogens (tertiary/aromatic N) is 1. The second-order valence-electron chi connectivity index (χ2n) is 4.78. The third kappa shape index (κ3) is 2.32. The molecule has 2 heterocycles. The molecule has 2 rings (SSSR count). The minimum Gasteiger partial charge on any atom is -0.356 e. The van der Waals surface area contributed by atoms with Gasteiger partial charge in [0.15, 0.2) is 0 Å². The Hall–Kier alpha value is -0.770. The summed E-state index contributed by atoms with van der Waals surface area (Å²) in [6, 6.07) is 1.84. The highest BCUT2D eigenvalue weighted by Gasteiger charge is 2.29. The van der Waals surface area contributed by atoms with E-state index in [2.05, 4.69) is 34.8 Å². The molecule has 1 aromatic rings. The van der Waals surface area contributed by atoms with Crippen molar-refractivity contribution in [2.45, 2.75) is 20.3 Å². The maximum absolute atomic E-state index is 12.1. The van der Waals surface area contributed by atoms with Gasteiger partial charge in [-0.25, -0.2) is 0 Å². The molecule has 1 aromatic heterocycles. The monoisotopic (exact) mass is 284 g/mol. The Morgan fingerprint density at radius 2 is 2.38 bits per heavy atom. The zero-order valence-corrected chi connectivity index (χ0v) is 11.3. The lowest BCUT2D eigenvalue weighted by atomic mass is 9.95. The van der Waals surface area contributed by atoms with Crippen molar-refractivity contribution in [1.29, 1.82) is 0 Å². The van der Waals surface area contributed by atoms with E-state index in [1.165, 1.54) is 0 Å². The molecule has 1 atom stereocenters. The average Bonchev–Trinajstić information content (AvgIpc) is 2.84. The van der Waals surface area contributed by atoms with E-state index in [0.29, 0.717) is 17.5 Å². The predicted octanol–water partition coefficient (Wildman–Crippen LogP) is 2.90. The molecule has 1 N–H and O–H groups in total. The normalized spacial score (nSPS) is 20.8. The molecule has 88 valence electrons. The van der Waals surface area contributed by atoms with Gasteiger partial charge in [-0.15, -0.1) is 0 Å². The number of H-pyrrole nitrogens is 1. The topological polar surface area (TPSA) is 36.1 Å². The van der Waals surface area contributed by atoms with Gasteiger partial charge in [0.2, 0.25) is 0 Å². The van der Waals surface area contributed by atoms with E-state index in [1.807, 2.05) is 11.0 Å². The number of aromatic nitrogens is 1. The Morgan fingerprint density at radius 3 is 2.88 bits per heavy atom. The van der Waals surface area contributed by atoms with Gasteiger partial charge in [-0.2, -0.15) is 0 Å². The number of likely N-dealkylation sites (tertiary alicyclic amines) is 1. The van der Waals surface area contributed by atoms with Gasteiger partial charge < -0.3 is 9.88 Å². The van der Waals surface area contributed by atoms with Crippen molar-refractivity contribution in [2.24, 2.45) is 11.8 Å². The van der Waals surface area contributed by atoms with Crippen LogP contribution in [0.3, 0.4) is 0 Å². The molecule has 0 radical (unpaired) electrons. The van der Waals surface area contributed by atoms with Crippen LogP contribution >= 0.6 is 15.9 Å². The van der Waals surface area contributed by atoms with E-state index < -0.39 is 0 Å². The van der Waals surface area contributed by atoms with Gasteiger partial charge in [0.1, 0.15) is 5.69 Å². The maximum Gasteiger partial charge on any atom is 0.270 e. The molecular weight excluding hydrogens is 268 g/mol. The summed E-state index contributed by atoms with van der Waals surface area (Å²) >= 11 is 3.34. The molecule has 4 heteroatoms. The molecule has 16 heavy (non-hydrogen) atoms. The summed E-state index contributed by atoms with van der Waals surface area (Å²) in [5.41, 5.74) is 0.677. The van der Waals surface area contributed by atoms with Gasteiger partial charge in [-0.1, -0.05) is 13.8 Å². The SMILES string of the molecule is CC(C)C1CCN(C(=O)c2cc(Br)c[nH]2)C1. The van der Waals surface area contributed by atoms with E-state index in [-0.39, 0.29) is 5.91 Å². The van der Waals surface area contributed by atoms with Crippen LogP contribution in [-0.2, 0) is 0 Å². The number of rotatable bonds is 2. The fourth-order valence-corrected chi connectivity index (χ4v) is 2.52. The van der Waals surface area contributed by atoms with Crippen molar-refractivity contribution in [3.8, 4) is 0 Å². The van der Waals surface area contributed by atoms with Crippen molar-refractivity contribution in [3.63, 3.8) is 0 Å². The van der Waals surface area contributed by atoms with Gasteiger partial charge in [-0.05, 0) is 40.3 Å². The van der Waals surface area contributed by atoms with Crippen LogP contribution in [0, 0.1) is 11.8 Å². The molecule has 1 unspecified atom stereocenters. The summed E-state index contributed by atoms with van der Waals surface area (Å²) in [4.78, 5) is 17.0. The van der Waals surface area contributed by atoms with E-state index >= 15 is 0 Å². The molecule has 0 saturated carbocycles. The average molecular weight is 285 g/mol. The van der Waals surface area contributed by atoms with Crippen LogP contribution in [0.1, 0.15) is 30.8 Å². The molecule has 0 aliphatic carbocycles. The van der Waals surface area contributed by atoms with Crippen molar-refractivity contribution in [1.82, 2.24) is 9.88 Å². The van der Waals surface area contributed by atoms with Crippen LogP contribution in [0.4, 0.5) is 0 Å². The first-order valence-electron chi connectivity index (χ1n) is 5.71. The van der Waals surface area contributed by atoms with Gasteiger partial charge >= 0.3 is 0 Å². The maximum atomic E-state index is 12.1. The number of aromatic amines is 1. The van der Waals surface area contributed by atoms with Crippen LogP contribution in [0.2, 0.25) is 0 Å². The zero-order chi connectivity index (χ0) is 11.7. The molecule has 1 aliphatic rings.